The average Bonchev–Trinajstić information content (AvgIpc) is 2.16. The molecule has 0 saturated carbocycles. The van der Waals surface area contributed by atoms with Crippen molar-refractivity contribution >= 4 is 28.6 Å². The monoisotopic (exact) mass is 327 g/mol. The van der Waals surface area contributed by atoms with Crippen molar-refractivity contribution in [1.82, 2.24) is 4.98 Å². The van der Waals surface area contributed by atoms with Crippen LogP contribution in [0.3, 0.4) is 0 Å². The van der Waals surface area contributed by atoms with Crippen LogP contribution in [-0.2, 0) is 4.74 Å². The maximum Gasteiger partial charge on any atom is 0.340 e. The predicted octanol–water partition coefficient (Wildman–Crippen LogP) is 2.72. The molecule has 0 N–H and O–H groups in total. The van der Waals surface area contributed by atoms with Gasteiger partial charge in [0.15, 0.2) is 0 Å². The van der Waals surface area contributed by atoms with Crippen molar-refractivity contribution in [3.63, 3.8) is 0 Å². The molecular weight excluding hydrogens is 319 g/mol. The molecule has 0 atom stereocenters. The molecule has 0 aliphatic heterocycles. The molecule has 0 unspecified atom stereocenters. The Morgan fingerprint density at radius 2 is 2.20 bits per heavy atom. The number of hydrogen-bond acceptors (Lipinski definition) is 3. The highest BCUT2D eigenvalue weighted by Crippen LogP contribution is 2.28. The van der Waals surface area contributed by atoms with E-state index >= 15 is 0 Å². The fourth-order valence-electron chi connectivity index (χ4n) is 1.10. The quantitative estimate of drug-likeness (QED) is 0.619. The van der Waals surface area contributed by atoms with E-state index in [0.29, 0.717) is 0 Å². The van der Waals surface area contributed by atoms with Gasteiger partial charge in [-0.3, -0.25) is 4.98 Å². The van der Waals surface area contributed by atoms with Crippen molar-refractivity contribution in [2.45, 2.75) is 13.3 Å². The normalized spacial score (nSPS) is 10.5. The zero-order valence-electron chi connectivity index (χ0n) is 8.05. The van der Waals surface area contributed by atoms with Crippen LogP contribution in [0.15, 0.2) is 6.20 Å². The Bertz CT molecular complexity index is 396. The molecule has 0 fully saturated rings. The standard InChI is InChI=1S/C9H8F2INO2/c1-4-6(8(10)11)7(12)5(3-13-4)9(14)15-2/h3,8H,1-2H3. The first-order valence-electron chi connectivity index (χ1n) is 4.00. The van der Waals surface area contributed by atoms with Gasteiger partial charge in [-0.05, 0) is 29.5 Å². The number of esters is 1. The van der Waals surface area contributed by atoms with E-state index in [1.807, 2.05) is 0 Å². The van der Waals surface area contributed by atoms with Gasteiger partial charge in [-0.1, -0.05) is 0 Å². The minimum atomic E-state index is -2.64. The summed E-state index contributed by atoms with van der Waals surface area (Å²) in [5.41, 5.74) is 0.0829. The summed E-state index contributed by atoms with van der Waals surface area (Å²) in [5, 5.41) is 0. The van der Waals surface area contributed by atoms with Crippen LogP contribution in [0.5, 0.6) is 0 Å². The highest BCUT2D eigenvalue weighted by Gasteiger charge is 2.21. The fraction of sp³-hybridized carbons (Fsp3) is 0.333. The summed E-state index contributed by atoms with van der Waals surface area (Å²) in [6, 6.07) is 0. The topological polar surface area (TPSA) is 39.2 Å². The number of alkyl halides is 2. The third kappa shape index (κ3) is 2.42. The van der Waals surface area contributed by atoms with Crippen LogP contribution >= 0.6 is 22.6 Å². The fourth-order valence-corrected chi connectivity index (χ4v) is 2.08. The van der Waals surface area contributed by atoms with Gasteiger partial charge in [0.05, 0.1) is 18.2 Å². The van der Waals surface area contributed by atoms with Crippen LogP contribution in [0, 0.1) is 10.5 Å². The predicted molar refractivity (Wildman–Crippen MR) is 58.0 cm³/mol. The molecule has 0 aliphatic rings. The minimum absolute atomic E-state index is 0.0685. The number of nitrogens with zero attached hydrogens (tertiary/aromatic N) is 1. The van der Waals surface area contributed by atoms with Crippen LogP contribution in [-0.4, -0.2) is 18.1 Å². The van der Waals surface area contributed by atoms with Crippen molar-refractivity contribution in [3.05, 3.63) is 26.6 Å². The summed E-state index contributed by atoms with van der Waals surface area (Å²) in [6.07, 6.45) is -1.40. The van der Waals surface area contributed by atoms with E-state index in [0.717, 1.165) is 0 Å². The summed E-state index contributed by atoms with van der Waals surface area (Å²) >= 11 is 1.70. The Morgan fingerprint density at radius 3 is 2.67 bits per heavy atom. The summed E-state index contributed by atoms with van der Waals surface area (Å²) < 4.78 is 29.9. The molecule has 1 rings (SSSR count). The number of hydrogen-bond donors (Lipinski definition) is 0. The molecular formula is C9H8F2INO2. The zero-order valence-corrected chi connectivity index (χ0v) is 10.2. The van der Waals surface area contributed by atoms with E-state index in [-0.39, 0.29) is 20.4 Å². The van der Waals surface area contributed by atoms with E-state index in [4.69, 9.17) is 0 Å². The third-order valence-corrected chi connectivity index (χ3v) is 3.04. The molecule has 0 radical (unpaired) electrons. The van der Waals surface area contributed by atoms with Gasteiger partial charge in [-0.15, -0.1) is 0 Å². The molecule has 0 bridgehead atoms. The first kappa shape index (κ1) is 12.3. The maximum atomic E-state index is 12.6. The molecule has 82 valence electrons. The average molecular weight is 327 g/mol. The Kier molecular flexibility index (Phi) is 3.95. The molecule has 1 heterocycles. The summed E-state index contributed by atoms with van der Waals surface area (Å²) in [5.74, 6) is -0.659. The van der Waals surface area contributed by atoms with Crippen LogP contribution in [0.2, 0.25) is 0 Å². The van der Waals surface area contributed by atoms with E-state index in [1.54, 1.807) is 22.6 Å². The molecule has 0 aromatic carbocycles. The van der Waals surface area contributed by atoms with Crippen molar-refractivity contribution < 1.29 is 18.3 Å². The zero-order chi connectivity index (χ0) is 11.6. The Morgan fingerprint density at radius 1 is 1.60 bits per heavy atom. The molecule has 1 aromatic rings. The van der Waals surface area contributed by atoms with Gasteiger partial charge in [-0.2, -0.15) is 0 Å². The van der Waals surface area contributed by atoms with Crippen molar-refractivity contribution in [1.29, 1.82) is 0 Å². The number of aromatic nitrogens is 1. The number of carbonyl (C=O) groups excluding carboxylic acids is 1. The minimum Gasteiger partial charge on any atom is -0.465 e. The van der Waals surface area contributed by atoms with Crippen molar-refractivity contribution in [2.24, 2.45) is 0 Å². The summed E-state index contributed by atoms with van der Waals surface area (Å²) in [7, 11) is 1.19. The van der Waals surface area contributed by atoms with Crippen LogP contribution < -0.4 is 0 Å². The van der Waals surface area contributed by atoms with Gasteiger partial charge in [0.1, 0.15) is 0 Å². The Hall–Kier alpha value is -0.790. The second-order valence-corrected chi connectivity index (χ2v) is 3.86. The Balaban J connectivity index is 3.35. The number of pyridine rings is 1. The van der Waals surface area contributed by atoms with Crippen molar-refractivity contribution in [2.75, 3.05) is 7.11 Å². The lowest BCUT2D eigenvalue weighted by molar-refractivity contribution is 0.0598. The van der Waals surface area contributed by atoms with Gasteiger partial charge in [0, 0.05) is 15.5 Å². The van der Waals surface area contributed by atoms with Crippen LogP contribution in [0.1, 0.15) is 28.0 Å². The van der Waals surface area contributed by atoms with Crippen molar-refractivity contribution in [3.8, 4) is 0 Å². The molecule has 0 spiro atoms. The molecule has 0 saturated heterocycles. The number of methoxy groups -OCH3 is 1. The highest BCUT2D eigenvalue weighted by atomic mass is 127. The number of carbonyl (C=O) groups is 1. The Labute approximate surface area is 99.0 Å². The molecule has 0 amide bonds. The van der Waals surface area contributed by atoms with Gasteiger partial charge in [0.25, 0.3) is 6.43 Å². The second-order valence-electron chi connectivity index (χ2n) is 2.78. The molecule has 1 aromatic heterocycles. The van der Waals surface area contributed by atoms with Crippen LogP contribution in [0.25, 0.3) is 0 Å². The molecule has 6 heteroatoms. The lowest BCUT2D eigenvalue weighted by atomic mass is 10.1. The van der Waals surface area contributed by atoms with E-state index in [1.165, 1.54) is 20.2 Å². The molecule has 15 heavy (non-hydrogen) atoms. The SMILES string of the molecule is COC(=O)c1cnc(C)c(C(F)F)c1I. The summed E-state index contributed by atoms with van der Waals surface area (Å²) in [4.78, 5) is 15.0. The van der Waals surface area contributed by atoms with Gasteiger partial charge in [-0.25, -0.2) is 13.6 Å². The lowest BCUT2D eigenvalue weighted by Gasteiger charge is -2.09. The number of rotatable bonds is 2. The third-order valence-electron chi connectivity index (χ3n) is 1.87. The number of halogens is 3. The van der Waals surface area contributed by atoms with E-state index < -0.39 is 12.4 Å². The van der Waals surface area contributed by atoms with E-state index in [9.17, 15) is 13.6 Å². The number of aryl methyl sites for hydroxylation is 1. The van der Waals surface area contributed by atoms with Gasteiger partial charge < -0.3 is 4.74 Å². The first-order chi connectivity index (χ1) is 6.99. The molecule has 0 aliphatic carbocycles. The van der Waals surface area contributed by atoms with Gasteiger partial charge >= 0.3 is 5.97 Å². The first-order valence-corrected chi connectivity index (χ1v) is 5.08. The van der Waals surface area contributed by atoms with E-state index in [2.05, 4.69) is 9.72 Å². The lowest BCUT2D eigenvalue weighted by Crippen LogP contribution is -2.09. The van der Waals surface area contributed by atoms with Gasteiger partial charge in [0.2, 0.25) is 0 Å². The maximum absolute atomic E-state index is 12.6. The molecule has 3 nitrogen and oxygen atoms in total. The second kappa shape index (κ2) is 4.82. The number of ether oxygens (including phenoxy) is 1. The smallest absolute Gasteiger partial charge is 0.340 e. The largest absolute Gasteiger partial charge is 0.465 e. The van der Waals surface area contributed by atoms with Crippen LogP contribution in [0.4, 0.5) is 8.78 Å². The highest BCUT2D eigenvalue weighted by molar-refractivity contribution is 14.1. The summed E-state index contributed by atoms with van der Waals surface area (Å²) in [6.45, 7) is 1.48.